The Kier molecular flexibility index (Phi) is 4.68. The Hall–Kier alpha value is -1.16. The van der Waals surface area contributed by atoms with Gasteiger partial charge in [-0.2, -0.15) is 0 Å². The van der Waals surface area contributed by atoms with Gasteiger partial charge in [0.05, 0.1) is 0 Å². The van der Waals surface area contributed by atoms with E-state index in [-0.39, 0.29) is 0 Å². The van der Waals surface area contributed by atoms with Crippen molar-refractivity contribution in [2.45, 2.75) is 32.7 Å². The maximum Gasteiger partial charge on any atom is 0.129 e. The Bertz CT molecular complexity index is 365. The van der Waals surface area contributed by atoms with Gasteiger partial charge in [0.2, 0.25) is 0 Å². The zero-order valence-corrected chi connectivity index (χ0v) is 10.9. The summed E-state index contributed by atoms with van der Waals surface area (Å²) in [5.74, 6) is 0.922. The number of rotatable bonds is 5. The first-order valence-electron chi connectivity index (χ1n) is 5.55. The zero-order chi connectivity index (χ0) is 12.1. The Morgan fingerprint density at radius 1 is 1.62 bits per heavy atom. The molecular formula is C12H19N3S. The summed E-state index contributed by atoms with van der Waals surface area (Å²) < 4.78 is 0. The van der Waals surface area contributed by atoms with Crippen molar-refractivity contribution in [3.8, 4) is 0 Å². The van der Waals surface area contributed by atoms with Gasteiger partial charge >= 0.3 is 0 Å². The van der Waals surface area contributed by atoms with Crippen LogP contribution in [0.1, 0.15) is 32.3 Å². The first kappa shape index (κ1) is 12.9. The molecule has 16 heavy (non-hydrogen) atoms. The normalized spacial score (nSPS) is 12.2. The molecule has 3 nitrogen and oxygen atoms in total. The van der Waals surface area contributed by atoms with Gasteiger partial charge in [-0.25, -0.2) is 4.98 Å². The van der Waals surface area contributed by atoms with Crippen molar-refractivity contribution < 1.29 is 0 Å². The lowest BCUT2D eigenvalue weighted by Gasteiger charge is -2.25. The first-order valence-corrected chi connectivity index (χ1v) is 5.95. The van der Waals surface area contributed by atoms with E-state index in [1.807, 2.05) is 19.2 Å². The highest BCUT2D eigenvalue weighted by molar-refractivity contribution is 7.80. The number of aromatic nitrogens is 1. The molecule has 0 aromatic carbocycles. The fraction of sp³-hybridized carbons (Fsp3) is 0.500. The predicted octanol–water partition coefficient (Wildman–Crippen LogP) is 2.34. The molecule has 0 radical (unpaired) electrons. The summed E-state index contributed by atoms with van der Waals surface area (Å²) in [6.45, 7) is 4.38. The van der Waals surface area contributed by atoms with Crippen molar-refractivity contribution in [3.05, 3.63) is 23.9 Å². The molecule has 88 valence electrons. The minimum Gasteiger partial charge on any atom is -0.389 e. The molecular weight excluding hydrogens is 218 g/mol. The Labute approximate surface area is 103 Å². The Balaban J connectivity index is 2.86. The third kappa shape index (κ3) is 3.17. The molecule has 0 aliphatic carbocycles. The molecule has 1 aromatic heterocycles. The summed E-state index contributed by atoms with van der Waals surface area (Å²) in [6.07, 6.45) is 4.06. The monoisotopic (exact) mass is 237 g/mol. The maximum atomic E-state index is 5.60. The fourth-order valence-corrected chi connectivity index (χ4v) is 1.73. The van der Waals surface area contributed by atoms with Crippen LogP contribution in [0.4, 0.5) is 5.82 Å². The Morgan fingerprint density at radius 2 is 2.31 bits per heavy atom. The molecule has 0 spiro atoms. The summed E-state index contributed by atoms with van der Waals surface area (Å²) in [4.78, 5) is 6.91. The minimum atomic E-state index is 0.417. The van der Waals surface area contributed by atoms with Gasteiger partial charge in [0.25, 0.3) is 0 Å². The standard InChI is InChI=1S/C12H19N3S/c1-4-5-9(2)15(3)11-8-10(12(13)16)6-7-14-11/h6-9H,4-5H2,1-3H3,(H2,13,16). The van der Waals surface area contributed by atoms with Crippen molar-refractivity contribution in [3.63, 3.8) is 0 Å². The number of nitrogens with two attached hydrogens (primary N) is 1. The van der Waals surface area contributed by atoms with Crippen molar-refractivity contribution in [1.29, 1.82) is 0 Å². The third-order valence-electron chi connectivity index (χ3n) is 2.76. The number of pyridine rings is 1. The van der Waals surface area contributed by atoms with Gasteiger partial charge in [0.15, 0.2) is 0 Å². The lowest BCUT2D eigenvalue weighted by atomic mass is 10.1. The second-order valence-corrected chi connectivity index (χ2v) is 4.46. The first-order chi connectivity index (χ1) is 7.56. The van der Waals surface area contributed by atoms with Gasteiger partial charge in [0.1, 0.15) is 10.8 Å². The van der Waals surface area contributed by atoms with Crippen LogP contribution in [0.15, 0.2) is 18.3 Å². The average molecular weight is 237 g/mol. The van der Waals surface area contributed by atoms with E-state index in [4.69, 9.17) is 18.0 Å². The van der Waals surface area contributed by atoms with E-state index in [9.17, 15) is 0 Å². The van der Waals surface area contributed by atoms with Gasteiger partial charge in [-0.3, -0.25) is 0 Å². The molecule has 4 heteroatoms. The van der Waals surface area contributed by atoms with Crippen LogP contribution in [-0.2, 0) is 0 Å². The maximum absolute atomic E-state index is 5.60. The summed E-state index contributed by atoms with van der Waals surface area (Å²) in [6, 6.07) is 4.25. The van der Waals surface area contributed by atoms with Crippen LogP contribution in [0.25, 0.3) is 0 Å². The topological polar surface area (TPSA) is 42.1 Å². The van der Waals surface area contributed by atoms with E-state index in [1.165, 1.54) is 6.42 Å². The molecule has 0 saturated heterocycles. The van der Waals surface area contributed by atoms with Gasteiger partial charge in [-0.15, -0.1) is 0 Å². The largest absolute Gasteiger partial charge is 0.389 e. The summed E-state index contributed by atoms with van der Waals surface area (Å²) in [7, 11) is 2.05. The van der Waals surface area contributed by atoms with E-state index in [0.29, 0.717) is 11.0 Å². The molecule has 0 bridgehead atoms. The third-order valence-corrected chi connectivity index (χ3v) is 2.99. The number of anilines is 1. The molecule has 0 aliphatic heterocycles. The van der Waals surface area contributed by atoms with Crippen LogP contribution in [0.5, 0.6) is 0 Å². The average Bonchev–Trinajstić information content (AvgIpc) is 2.28. The quantitative estimate of drug-likeness (QED) is 0.798. The van der Waals surface area contributed by atoms with Crippen LogP contribution in [0, 0.1) is 0 Å². The molecule has 1 atom stereocenters. The van der Waals surface area contributed by atoms with Crippen LogP contribution < -0.4 is 10.6 Å². The van der Waals surface area contributed by atoms with Crippen LogP contribution >= 0.6 is 12.2 Å². The van der Waals surface area contributed by atoms with Crippen LogP contribution in [-0.4, -0.2) is 23.1 Å². The molecule has 0 amide bonds. The Morgan fingerprint density at radius 3 is 2.88 bits per heavy atom. The zero-order valence-electron chi connectivity index (χ0n) is 10.1. The molecule has 2 N–H and O–H groups in total. The molecule has 0 aliphatic rings. The number of hydrogen-bond acceptors (Lipinski definition) is 3. The molecule has 1 heterocycles. The van der Waals surface area contributed by atoms with Crippen molar-refractivity contribution in [1.82, 2.24) is 4.98 Å². The number of nitrogens with zero attached hydrogens (tertiary/aromatic N) is 2. The fourth-order valence-electron chi connectivity index (χ4n) is 1.60. The highest BCUT2D eigenvalue weighted by Gasteiger charge is 2.10. The van der Waals surface area contributed by atoms with E-state index in [1.54, 1.807) is 6.20 Å². The second kappa shape index (κ2) is 5.80. The lowest BCUT2D eigenvalue weighted by Crippen LogP contribution is -2.29. The molecule has 1 unspecified atom stereocenters. The molecule has 1 aromatic rings. The van der Waals surface area contributed by atoms with Gasteiger partial charge in [-0.1, -0.05) is 25.6 Å². The lowest BCUT2D eigenvalue weighted by molar-refractivity contribution is 0.611. The summed E-state index contributed by atoms with van der Waals surface area (Å²) >= 11 is 4.96. The van der Waals surface area contributed by atoms with Crippen molar-refractivity contribution >= 4 is 23.0 Å². The molecule has 0 saturated carbocycles. The van der Waals surface area contributed by atoms with Crippen molar-refractivity contribution in [2.24, 2.45) is 5.73 Å². The smallest absolute Gasteiger partial charge is 0.129 e. The van der Waals surface area contributed by atoms with E-state index < -0.39 is 0 Å². The minimum absolute atomic E-state index is 0.417. The van der Waals surface area contributed by atoms with E-state index in [0.717, 1.165) is 17.8 Å². The SMILES string of the molecule is CCCC(C)N(C)c1cc(C(N)=S)ccn1. The van der Waals surface area contributed by atoms with Gasteiger partial charge in [-0.05, 0) is 25.5 Å². The summed E-state index contributed by atoms with van der Waals surface area (Å²) in [5.41, 5.74) is 6.47. The summed E-state index contributed by atoms with van der Waals surface area (Å²) in [5, 5.41) is 0. The van der Waals surface area contributed by atoms with Crippen LogP contribution in [0.2, 0.25) is 0 Å². The molecule has 1 rings (SSSR count). The van der Waals surface area contributed by atoms with Gasteiger partial charge in [0, 0.05) is 24.8 Å². The second-order valence-electron chi connectivity index (χ2n) is 4.02. The number of hydrogen-bond donors (Lipinski definition) is 1. The van der Waals surface area contributed by atoms with E-state index in [2.05, 4.69) is 23.7 Å². The highest BCUT2D eigenvalue weighted by atomic mass is 32.1. The molecule has 0 fully saturated rings. The van der Waals surface area contributed by atoms with E-state index >= 15 is 0 Å². The highest BCUT2D eigenvalue weighted by Crippen LogP contribution is 2.16. The van der Waals surface area contributed by atoms with Gasteiger partial charge < -0.3 is 10.6 Å². The number of thiocarbonyl (C=S) groups is 1. The predicted molar refractivity (Wildman–Crippen MR) is 72.9 cm³/mol. The van der Waals surface area contributed by atoms with Crippen molar-refractivity contribution in [2.75, 3.05) is 11.9 Å². The van der Waals surface area contributed by atoms with Crippen LogP contribution in [0.3, 0.4) is 0 Å².